The number of aromatic nitrogens is 5. The summed E-state index contributed by atoms with van der Waals surface area (Å²) in [4.78, 5) is 31.6. The van der Waals surface area contributed by atoms with Gasteiger partial charge in [0.25, 0.3) is 0 Å². The lowest BCUT2D eigenvalue weighted by molar-refractivity contribution is 0.0691. The molecule has 21 heavy (non-hydrogen) atoms. The number of H-pyrrole nitrogens is 1. The van der Waals surface area contributed by atoms with Crippen LogP contribution in [-0.2, 0) is 13.1 Å². The molecule has 0 spiro atoms. The van der Waals surface area contributed by atoms with Crippen LogP contribution < -0.4 is 5.32 Å². The summed E-state index contributed by atoms with van der Waals surface area (Å²) in [6.45, 7) is 1.11. The third-order valence-electron chi connectivity index (χ3n) is 2.70. The normalized spacial score (nSPS) is 10.3. The number of urea groups is 1. The van der Waals surface area contributed by atoms with Gasteiger partial charge in [0.15, 0.2) is 5.69 Å². The molecule has 10 heteroatoms. The van der Waals surface area contributed by atoms with E-state index in [0.29, 0.717) is 25.5 Å². The maximum atomic E-state index is 11.8. The molecule has 0 radical (unpaired) electrons. The molecule has 3 N–H and O–H groups in total. The molecular formula is C11H15N7O3. The van der Waals surface area contributed by atoms with Crippen LogP contribution in [0.2, 0.25) is 0 Å². The summed E-state index contributed by atoms with van der Waals surface area (Å²) < 4.78 is 1.60. The second-order valence-corrected chi connectivity index (χ2v) is 4.32. The van der Waals surface area contributed by atoms with Crippen molar-refractivity contribution in [3.63, 3.8) is 0 Å². The predicted molar refractivity (Wildman–Crippen MR) is 70.4 cm³/mol. The number of carbonyl (C=O) groups is 2. The number of imidazole rings is 1. The number of aromatic amines is 1. The Bertz CT molecular complexity index is 607. The van der Waals surface area contributed by atoms with Crippen LogP contribution in [0.5, 0.6) is 0 Å². The fraction of sp³-hybridized carbons (Fsp3) is 0.364. The number of nitrogens with one attached hydrogen (secondary N) is 2. The molecule has 112 valence electrons. The molecule has 10 nitrogen and oxygen atoms in total. The van der Waals surface area contributed by atoms with Gasteiger partial charge in [0.2, 0.25) is 0 Å². The Morgan fingerprint density at radius 2 is 2.29 bits per heavy atom. The second-order valence-electron chi connectivity index (χ2n) is 4.32. The lowest BCUT2D eigenvalue weighted by Crippen LogP contribution is -2.38. The molecule has 0 saturated heterocycles. The van der Waals surface area contributed by atoms with Crippen molar-refractivity contribution in [1.29, 1.82) is 0 Å². The zero-order chi connectivity index (χ0) is 15.2. The third kappa shape index (κ3) is 4.03. The summed E-state index contributed by atoms with van der Waals surface area (Å²) in [5.74, 6) is -0.488. The van der Waals surface area contributed by atoms with Crippen LogP contribution in [0.4, 0.5) is 4.79 Å². The van der Waals surface area contributed by atoms with Crippen LogP contribution in [-0.4, -0.2) is 60.3 Å². The number of hydrogen-bond acceptors (Lipinski definition) is 5. The van der Waals surface area contributed by atoms with Crippen LogP contribution >= 0.6 is 0 Å². The van der Waals surface area contributed by atoms with E-state index in [1.165, 1.54) is 23.8 Å². The Hall–Kier alpha value is -2.91. The molecule has 2 heterocycles. The molecule has 2 aromatic rings. The Balaban J connectivity index is 1.74. The van der Waals surface area contributed by atoms with Gasteiger partial charge >= 0.3 is 12.0 Å². The van der Waals surface area contributed by atoms with Gasteiger partial charge in [-0.3, -0.25) is 5.10 Å². The monoisotopic (exact) mass is 293 g/mol. The van der Waals surface area contributed by atoms with Gasteiger partial charge in [-0.25, -0.2) is 19.6 Å². The summed E-state index contributed by atoms with van der Waals surface area (Å²) in [5, 5.41) is 17.8. The smallest absolute Gasteiger partial charge is 0.356 e. The number of rotatable bonds is 6. The van der Waals surface area contributed by atoms with Crippen LogP contribution in [0.3, 0.4) is 0 Å². The van der Waals surface area contributed by atoms with E-state index in [0.717, 1.165) is 0 Å². The fourth-order valence-electron chi connectivity index (χ4n) is 1.62. The van der Waals surface area contributed by atoms with Gasteiger partial charge in [-0.05, 0) is 0 Å². The molecule has 0 fully saturated rings. The Kier molecular flexibility index (Phi) is 4.49. The summed E-state index contributed by atoms with van der Waals surface area (Å²) in [6.07, 6.45) is 4.20. The minimum atomic E-state index is -1.08. The lowest BCUT2D eigenvalue weighted by Gasteiger charge is -2.16. The van der Waals surface area contributed by atoms with Crippen LogP contribution in [0.1, 0.15) is 16.3 Å². The average molecular weight is 293 g/mol. The molecule has 0 aliphatic heterocycles. The zero-order valence-corrected chi connectivity index (χ0v) is 11.4. The number of aromatic carboxylic acids is 1. The van der Waals surface area contributed by atoms with Crippen LogP contribution in [0.15, 0.2) is 18.9 Å². The van der Waals surface area contributed by atoms with E-state index in [1.807, 2.05) is 0 Å². The Morgan fingerprint density at radius 1 is 1.48 bits per heavy atom. The number of carboxylic acids is 1. The molecule has 0 saturated carbocycles. The standard InChI is InChI=1S/C11H15N7O3/c1-17(5-9-13-6-15-16-9)11(21)12-2-3-18-4-8(10(19)20)14-7-18/h4,6-7H,2-3,5H2,1H3,(H,12,21)(H,19,20)(H,13,15,16). The first-order valence-corrected chi connectivity index (χ1v) is 6.14. The fourth-order valence-corrected chi connectivity index (χ4v) is 1.62. The predicted octanol–water partition coefficient (Wildman–Crippen LogP) is -0.459. The summed E-state index contributed by atoms with van der Waals surface area (Å²) in [5.41, 5.74) is -0.0243. The molecule has 2 amide bonds. The number of hydrogen-bond donors (Lipinski definition) is 3. The molecule has 0 aliphatic carbocycles. The maximum absolute atomic E-state index is 11.8. The van der Waals surface area contributed by atoms with E-state index in [-0.39, 0.29) is 11.7 Å². The van der Waals surface area contributed by atoms with E-state index in [1.54, 1.807) is 11.6 Å². The largest absolute Gasteiger partial charge is 0.476 e. The molecule has 2 rings (SSSR count). The lowest BCUT2D eigenvalue weighted by atomic mass is 10.5. The molecule has 0 unspecified atom stereocenters. The molecule has 0 aromatic carbocycles. The van der Waals surface area contributed by atoms with E-state index in [2.05, 4.69) is 25.5 Å². The van der Waals surface area contributed by atoms with Crippen molar-refractivity contribution in [3.8, 4) is 0 Å². The Labute approximate surface area is 119 Å². The van der Waals surface area contributed by atoms with Crippen LogP contribution in [0, 0.1) is 0 Å². The minimum Gasteiger partial charge on any atom is -0.476 e. The first-order chi connectivity index (χ1) is 10.1. The summed E-state index contributed by atoms with van der Waals surface area (Å²) in [6, 6.07) is -0.259. The highest BCUT2D eigenvalue weighted by molar-refractivity contribution is 5.84. The zero-order valence-electron chi connectivity index (χ0n) is 11.4. The first-order valence-electron chi connectivity index (χ1n) is 6.14. The van der Waals surface area contributed by atoms with Crippen molar-refractivity contribution in [2.24, 2.45) is 0 Å². The summed E-state index contributed by atoms with van der Waals surface area (Å²) in [7, 11) is 1.64. The van der Waals surface area contributed by atoms with Crippen molar-refractivity contribution in [2.45, 2.75) is 13.1 Å². The van der Waals surface area contributed by atoms with Crippen molar-refractivity contribution in [1.82, 2.24) is 34.9 Å². The highest BCUT2D eigenvalue weighted by atomic mass is 16.4. The van der Waals surface area contributed by atoms with Gasteiger partial charge < -0.3 is 19.9 Å². The quantitative estimate of drug-likeness (QED) is 0.661. The molecular weight excluding hydrogens is 278 g/mol. The molecule has 2 aromatic heterocycles. The number of carbonyl (C=O) groups excluding carboxylic acids is 1. The SMILES string of the molecule is CN(Cc1ncn[nH]1)C(=O)NCCn1cnc(C(=O)O)c1. The Morgan fingerprint density at radius 3 is 2.90 bits per heavy atom. The van der Waals surface area contributed by atoms with Crippen molar-refractivity contribution >= 4 is 12.0 Å². The molecule has 0 bridgehead atoms. The van der Waals surface area contributed by atoms with Crippen molar-refractivity contribution < 1.29 is 14.7 Å². The van der Waals surface area contributed by atoms with E-state index >= 15 is 0 Å². The highest BCUT2D eigenvalue weighted by Crippen LogP contribution is 1.96. The van der Waals surface area contributed by atoms with Crippen molar-refractivity contribution in [3.05, 3.63) is 30.4 Å². The molecule has 0 aliphatic rings. The number of amides is 2. The average Bonchev–Trinajstić information content (AvgIpc) is 3.09. The van der Waals surface area contributed by atoms with E-state index in [4.69, 9.17) is 5.11 Å². The topological polar surface area (TPSA) is 129 Å². The van der Waals surface area contributed by atoms with Gasteiger partial charge in [0.1, 0.15) is 12.2 Å². The van der Waals surface area contributed by atoms with Crippen LogP contribution in [0.25, 0.3) is 0 Å². The van der Waals surface area contributed by atoms with Gasteiger partial charge in [-0.1, -0.05) is 0 Å². The van der Waals surface area contributed by atoms with E-state index < -0.39 is 5.97 Å². The van der Waals surface area contributed by atoms with Crippen molar-refractivity contribution in [2.75, 3.05) is 13.6 Å². The molecule has 0 atom stereocenters. The number of carboxylic acid groups (broad SMARTS) is 1. The first kappa shape index (κ1) is 14.5. The van der Waals surface area contributed by atoms with Gasteiger partial charge in [-0.15, -0.1) is 0 Å². The maximum Gasteiger partial charge on any atom is 0.356 e. The summed E-state index contributed by atoms with van der Waals surface area (Å²) >= 11 is 0. The minimum absolute atomic E-state index is 0.0243. The highest BCUT2D eigenvalue weighted by Gasteiger charge is 2.10. The third-order valence-corrected chi connectivity index (χ3v) is 2.70. The van der Waals surface area contributed by atoms with Gasteiger partial charge in [0, 0.05) is 26.3 Å². The second kappa shape index (κ2) is 6.50. The van der Waals surface area contributed by atoms with Gasteiger partial charge in [-0.2, -0.15) is 5.10 Å². The van der Waals surface area contributed by atoms with Gasteiger partial charge in [0.05, 0.1) is 12.9 Å². The van der Waals surface area contributed by atoms with E-state index in [9.17, 15) is 9.59 Å². The number of nitrogens with zero attached hydrogens (tertiary/aromatic N) is 5.